The van der Waals surface area contributed by atoms with Crippen molar-refractivity contribution in [1.29, 1.82) is 0 Å². The molecule has 25 heavy (non-hydrogen) atoms. The van der Waals surface area contributed by atoms with E-state index in [1.54, 1.807) is 24.3 Å². The van der Waals surface area contributed by atoms with E-state index in [1.807, 2.05) is 6.92 Å². The zero-order chi connectivity index (χ0) is 18.9. The van der Waals surface area contributed by atoms with Crippen LogP contribution in [-0.4, -0.2) is 34.1 Å². The summed E-state index contributed by atoms with van der Waals surface area (Å²) < 4.78 is 3.33. The summed E-state index contributed by atoms with van der Waals surface area (Å²) in [5, 5.41) is 7.97. The number of rotatable bonds is 8. The Kier molecular flexibility index (Phi) is 9.27. The fourth-order valence-electron chi connectivity index (χ4n) is 1.67. The van der Waals surface area contributed by atoms with Crippen LogP contribution in [0.4, 0.5) is 5.69 Å². The molecule has 1 rings (SSSR count). The van der Waals surface area contributed by atoms with Gasteiger partial charge in [-0.2, -0.15) is 0 Å². The second-order valence-electron chi connectivity index (χ2n) is 4.92. The first-order valence-corrected chi connectivity index (χ1v) is 8.93. The van der Waals surface area contributed by atoms with Crippen molar-refractivity contribution in [2.45, 2.75) is 29.7 Å². The van der Waals surface area contributed by atoms with Crippen LogP contribution in [0.3, 0.4) is 0 Å². The van der Waals surface area contributed by atoms with Gasteiger partial charge < -0.3 is 20.7 Å². The van der Waals surface area contributed by atoms with E-state index in [0.717, 1.165) is 12.8 Å². The Morgan fingerprint density at radius 3 is 2.48 bits per heavy atom. The molecule has 0 saturated carbocycles. The molecule has 1 aromatic rings. The number of anilines is 1. The van der Waals surface area contributed by atoms with E-state index in [2.05, 4.69) is 16.0 Å². The first kappa shape index (κ1) is 21.8. The topological polar surface area (TPSA) is 79.5 Å². The number of hydrogen-bond acceptors (Lipinski definition) is 4. The van der Waals surface area contributed by atoms with Gasteiger partial charge in [0.05, 0.1) is 12.2 Å². The number of amides is 1. The lowest BCUT2D eigenvalue weighted by Gasteiger charge is -2.26. The van der Waals surface area contributed by atoms with Gasteiger partial charge in [-0.25, -0.2) is 4.79 Å². The third-order valence-electron chi connectivity index (χ3n) is 2.95. The fraction of sp³-hybridized carbons (Fsp3) is 0.400. The average molecular weight is 427 g/mol. The molecule has 6 nitrogen and oxygen atoms in total. The molecular weight excluding hydrogens is 409 g/mol. The molecule has 0 heterocycles. The van der Waals surface area contributed by atoms with Gasteiger partial charge in [-0.3, -0.25) is 4.79 Å². The largest absolute Gasteiger partial charge is 0.462 e. The number of nitrogens with one attached hydrogen (secondary N) is 3. The van der Waals surface area contributed by atoms with Crippen LogP contribution in [0.1, 0.15) is 30.1 Å². The van der Waals surface area contributed by atoms with Gasteiger partial charge in [0.25, 0.3) is 0 Å². The molecule has 138 valence electrons. The smallest absolute Gasteiger partial charge is 0.338 e. The molecule has 1 atom stereocenters. The van der Waals surface area contributed by atoms with Crippen molar-refractivity contribution in [2.75, 3.05) is 11.9 Å². The summed E-state index contributed by atoms with van der Waals surface area (Å²) in [4.78, 5) is 22.4. The van der Waals surface area contributed by atoms with Crippen molar-refractivity contribution in [1.82, 2.24) is 10.6 Å². The van der Waals surface area contributed by atoms with E-state index >= 15 is 0 Å². The third kappa shape index (κ3) is 8.09. The van der Waals surface area contributed by atoms with Crippen molar-refractivity contribution >= 4 is 70.2 Å². The third-order valence-corrected chi connectivity index (χ3v) is 3.82. The van der Waals surface area contributed by atoms with Gasteiger partial charge in [0, 0.05) is 5.69 Å². The lowest BCUT2D eigenvalue weighted by Crippen LogP contribution is -2.53. The minimum absolute atomic E-state index is 0.129. The summed E-state index contributed by atoms with van der Waals surface area (Å²) in [5.41, 5.74) is 1.04. The summed E-state index contributed by atoms with van der Waals surface area (Å²) in [6.07, 6.45) is 1.16. The van der Waals surface area contributed by atoms with Crippen molar-refractivity contribution < 1.29 is 14.3 Å². The number of carbonyl (C=O) groups is 2. The predicted octanol–water partition coefficient (Wildman–Crippen LogP) is 3.37. The highest BCUT2D eigenvalue weighted by atomic mass is 35.6. The highest BCUT2D eigenvalue weighted by Gasteiger charge is 2.32. The Bertz CT molecular complexity index is 594. The zero-order valence-corrected chi connectivity index (χ0v) is 16.4. The maximum Gasteiger partial charge on any atom is 0.338 e. The van der Waals surface area contributed by atoms with Crippen LogP contribution in [0.5, 0.6) is 0 Å². The van der Waals surface area contributed by atoms with E-state index in [4.69, 9.17) is 51.8 Å². The van der Waals surface area contributed by atoms with E-state index < -0.39 is 9.96 Å². The second-order valence-corrected chi connectivity index (χ2v) is 7.70. The maximum atomic E-state index is 11.8. The van der Waals surface area contributed by atoms with Gasteiger partial charge in [0.2, 0.25) is 10.2 Å². The van der Waals surface area contributed by atoms with E-state index in [0.29, 0.717) is 24.3 Å². The van der Waals surface area contributed by atoms with Crippen molar-refractivity contribution in [3.63, 3.8) is 0 Å². The molecule has 0 bridgehead atoms. The molecule has 1 unspecified atom stereocenters. The molecule has 3 N–H and O–H groups in total. The quantitative estimate of drug-likeness (QED) is 0.148. The summed E-state index contributed by atoms with van der Waals surface area (Å²) in [7, 11) is 0. The average Bonchev–Trinajstić information content (AvgIpc) is 2.54. The summed E-state index contributed by atoms with van der Waals surface area (Å²) in [6, 6.07) is 6.52. The first-order chi connectivity index (χ1) is 11.8. The molecule has 0 fully saturated rings. The molecule has 0 saturated heterocycles. The van der Waals surface area contributed by atoms with Crippen molar-refractivity contribution in [3.8, 4) is 0 Å². The normalized spacial score (nSPS) is 12.0. The number of carbonyl (C=O) groups excluding carboxylic acids is 2. The van der Waals surface area contributed by atoms with Crippen LogP contribution in [0.2, 0.25) is 0 Å². The monoisotopic (exact) mass is 425 g/mol. The Morgan fingerprint density at radius 1 is 1.32 bits per heavy atom. The summed E-state index contributed by atoms with van der Waals surface area (Å²) in [6.45, 7) is 2.41. The van der Waals surface area contributed by atoms with Crippen molar-refractivity contribution in [3.05, 3.63) is 29.8 Å². The fourth-order valence-corrected chi connectivity index (χ4v) is 2.25. The van der Waals surface area contributed by atoms with Gasteiger partial charge >= 0.3 is 5.97 Å². The number of thiocarbonyl (C=S) groups is 1. The number of alkyl halides is 3. The number of benzene rings is 1. The second kappa shape index (κ2) is 10.7. The minimum atomic E-state index is -1.79. The van der Waals surface area contributed by atoms with Crippen molar-refractivity contribution in [2.24, 2.45) is 0 Å². The summed E-state index contributed by atoms with van der Waals surface area (Å²) in [5.74, 6) is -0.382. The molecule has 0 aliphatic heterocycles. The number of halogens is 3. The van der Waals surface area contributed by atoms with Gasteiger partial charge in [-0.15, -0.1) is 0 Å². The summed E-state index contributed by atoms with van der Waals surface area (Å²) >= 11 is 22.3. The molecule has 1 aromatic carbocycles. The van der Waals surface area contributed by atoms with Crippen LogP contribution in [0, 0.1) is 0 Å². The molecule has 0 spiro atoms. The van der Waals surface area contributed by atoms with Crippen LogP contribution < -0.4 is 16.0 Å². The minimum Gasteiger partial charge on any atom is -0.462 e. The first-order valence-electron chi connectivity index (χ1n) is 7.39. The lowest BCUT2D eigenvalue weighted by molar-refractivity contribution is -0.110. The highest BCUT2D eigenvalue weighted by molar-refractivity contribution is 7.80. The number of ether oxygens (including phenoxy) is 1. The van der Waals surface area contributed by atoms with Gasteiger partial charge in [-0.1, -0.05) is 48.1 Å². The van der Waals surface area contributed by atoms with Gasteiger partial charge in [0.1, 0.15) is 6.17 Å². The molecule has 1 amide bonds. The number of hydrogen-bond donors (Lipinski definition) is 3. The molecule has 0 aliphatic carbocycles. The van der Waals surface area contributed by atoms with E-state index in [-0.39, 0.29) is 11.1 Å². The standard InChI is InChI=1S/C15H18Cl3N3O3S/c1-2-3-8-24-12(23)10-4-6-11(7-5-10)20-14(25)21-13(19-9-22)15(16,17)18/h4-7,9,13H,2-3,8H2,1H3,(H,19,22)(H2,20,21,25). The van der Waals surface area contributed by atoms with Gasteiger partial charge in [0.15, 0.2) is 5.11 Å². The molecular formula is C15H18Cl3N3O3S. The van der Waals surface area contributed by atoms with E-state index in [9.17, 15) is 9.59 Å². The van der Waals surface area contributed by atoms with E-state index in [1.165, 1.54) is 0 Å². The zero-order valence-electron chi connectivity index (χ0n) is 13.4. The molecule has 0 aromatic heterocycles. The van der Waals surface area contributed by atoms with Crippen LogP contribution >= 0.6 is 47.0 Å². The predicted molar refractivity (Wildman–Crippen MR) is 104 cm³/mol. The maximum absolute atomic E-state index is 11.8. The van der Waals surface area contributed by atoms with Crippen LogP contribution in [0.15, 0.2) is 24.3 Å². The van der Waals surface area contributed by atoms with Gasteiger partial charge in [-0.05, 0) is 42.9 Å². The number of unbranched alkanes of at least 4 members (excludes halogenated alkanes) is 1. The lowest BCUT2D eigenvalue weighted by atomic mass is 10.2. The molecule has 0 radical (unpaired) electrons. The highest BCUT2D eigenvalue weighted by Crippen LogP contribution is 2.28. The Balaban J connectivity index is 2.60. The SMILES string of the molecule is CCCCOC(=O)c1ccc(NC(=S)NC(NC=O)C(Cl)(Cl)Cl)cc1. The Morgan fingerprint density at radius 2 is 1.96 bits per heavy atom. The van der Waals surface area contributed by atoms with Crippen LogP contribution in [0.25, 0.3) is 0 Å². The Labute approximate surface area is 166 Å². The number of esters is 1. The van der Waals surface area contributed by atoms with Crippen LogP contribution in [-0.2, 0) is 9.53 Å². The Hall–Kier alpha value is -1.28. The molecule has 10 heteroatoms. The molecule has 0 aliphatic rings.